The largest absolute Gasteiger partial charge is 0.353 e. The molecule has 2 amide bonds. The molecule has 30 heavy (non-hydrogen) atoms. The second-order valence-corrected chi connectivity index (χ2v) is 10.6. The van der Waals surface area contributed by atoms with Crippen LogP contribution in [0.15, 0.2) is 29.2 Å². The van der Waals surface area contributed by atoms with E-state index in [9.17, 15) is 18.0 Å². The average Bonchev–Trinajstić information content (AvgIpc) is 3.57. The number of amides is 2. The van der Waals surface area contributed by atoms with E-state index < -0.39 is 10.0 Å². The topological polar surface area (TPSA) is 95.6 Å². The first-order valence-corrected chi connectivity index (χ1v) is 12.6. The molecule has 7 nitrogen and oxygen atoms in total. The highest BCUT2D eigenvalue weighted by molar-refractivity contribution is 7.89. The van der Waals surface area contributed by atoms with Crippen LogP contribution in [-0.4, -0.2) is 50.3 Å². The molecule has 3 fully saturated rings. The summed E-state index contributed by atoms with van der Waals surface area (Å²) in [5, 5.41) is 3.18. The minimum absolute atomic E-state index is 0.0429. The van der Waals surface area contributed by atoms with Crippen molar-refractivity contribution in [1.29, 1.82) is 0 Å². The fourth-order valence-corrected chi connectivity index (χ4v) is 5.69. The van der Waals surface area contributed by atoms with Gasteiger partial charge in [-0.25, -0.2) is 13.1 Å². The summed E-state index contributed by atoms with van der Waals surface area (Å²) < 4.78 is 27.2. The molecule has 8 heteroatoms. The van der Waals surface area contributed by atoms with Crippen LogP contribution in [0.3, 0.4) is 0 Å². The Morgan fingerprint density at radius 1 is 0.867 bits per heavy atom. The molecule has 2 aliphatic carbocycles. The lowest BCUT2D eigenvalue weighted by Gasteiger charge is -2.33. The van der Waals surface area contributed by atoms with Crippen LogP contribution in [0.1, 0.15) is 68.1 Å². The lowest BCUT2D eigenvalue weighted by atomic mass is 9.93. The van der Waals surface area contributed by atoms with Crippen molar-refractivity contribution in [3.8, 4) is 0 Å². The Morgan fingerprint density at radius 2 is 1.57 bits per heavy atom. The van der Waals surface area contributed by atoms with E-state index in [1.165, 1.54) is 31.4 Å². The van der Waals surface area contributed by atoms with E-state index in [0.29, 0.717) is 18.7 Å². The molecule has 1 unspecified atom stereocenters. The second kappa shape index (κ2) is 9.06. The fraction of sp³-hybridized carbons (Fsp3) is 0.636. The monoisotopic (exact) mass is 433 g/mol. The van der Waals surface area contributed by atoms with E-state index in [-0.39, 0.29) is 34.7 Å². The highest BCUT2D eigenvalue weighted by Gasteiger charge is 2.31. The molecule has 0 radical (unpaired) electrons. The van der Waals surface area contributed by atoms with Gasteiger partial charge in [-0.2, -0.15) is 0 Å². The molecule has 1 aliphatic heterocycles. The Bertz CT molecular complexity index is 874. The van der Waals surface area contributed by atoms with Gasteiger partial charge in [0.1, 0.15) is 0 Å². The average molecular weight is 434 g/mol. The standard InChI is InChI=1S/C22H31N3O4S/c26-21(23-18-6-2-1-3-7-18)17-5-4-14-25(15-17)22(27)16-8-12-20(13-9-16)30(28,29)24-19-10-11-19/h8-9,12-13,17-19,24H,1-7,10-11,14-15H2,(H,23,26). The number of rotatable bonds is 6. The maximum atomic E-state index is 12.9. The quantitative estimate of drug-likeness (QED) is 0.720. The van der Waals surface area contributed by atoms with Gasteiger partial charge in [0.2, 0.25) is 15.9 Å². The van der Waals surface area contributed by atoms with Crippen LogP contribution in [0.4, 0.5) is 0 Å². The van der Waals surface area contributed by atoms with Crippen LogP contribution in [0, 0.1) is 5.92 Å². The summed E-state index contributed by atoms with van der Waals surface area (Å²) in [6.07, 6.45) is 9.02. The number of hydrogen-bond acceptors (Lipinski definition) is 4. The number of nitrogens with one attached hydrogen (secondary N) is 2. The number of carbonyl (C=O) groups excluding carboxylic acids is 2. The van der Waals surface area contributed by atoms with Gasteiger partial charge in [0.15, 0.2) is 0 Å². The SMILES string of the molecule is O=C(NC1CCCCC1)C1CCCN(C(=O)c2ccc(S(=O)(=O)NC3CC3)cc2)C1. The molecule has 4 rings (SSSR count). The molecular weight excluding hydrogens is 402 g/mol. The summed E-state index contributed by atoms with van der Waals surface area (Å²) in [6.45, 7) is 1.04. The van der Waals surface area contributed by atoms with Crippen molar-refractivity contribution in [2.24, 2.45) is 5.92 Å². The molecule has 164 valence electrons. The first-order chi connectivity index (χ1) is 14.4. The van der Waals surface area contributed by atoms with Gasteiger partial charge in [-0.1, -0.05) is 19.3 Å². The number of benzene rings is 1. The Morgan fingerprint density at radius 3 is 2.23 bits per heavy atom. The Balaban J connectivity index is 1.36. The molecule has 0 spiro atoms. The van der Waals surface area contributed by atoms with Crippen LogP contribution in [0.2, 0.25) is 0 Å². The van der Waals surface area contributed by atoms with E-state index in [1.807, 2.05) is 0 Å². The van der Waals surface area contributed by atoms with E-state index >= 15 is 0 Å². The first kappa shape index (κ1) is 21.3. The maximum absolute atomic E-state index is 12.9. The summed E-state index contributed by atoms with van der Waals surface area (Å²) >= 11 is 0. The van der Waals surface area contributed by atoms with Gasteiger partial charge in [0.25, 0.3) is 5.91 Å². The zero-order valence-electron chi connectivity index (χ0n) is 17.3. The molecular formula is C22H31N3O4S. The molecule has 1 saturated heterocycles. The number of nitrogens with zero attached hydrogens (tertiary/aromatic N) is 1. The number of carbonyl (C=O) groups is 2. The third kappa shape index (κ3) is 5.21. The maximum Gasteiger partial charge on any atom is 0.253 e. The van der Waals surface area contributed by atoms with E-state index in [2.05, 4.69) is 10.0 Å². The summed E-state index contributed by atoms with van der Waals surface area (Å²) in [4.78, 5) is 27.5. The number of likely N-dealkylation sites (tertiary alicyclic amines) is 1. The van der Waals surface area contributed by atoms with E-state index in [1.54, 1.807) is 17.0 Å². The van der Waals surface area contributed by atoms with Crippen LogP contribution in [-0.2, 0) is 14.8 Å². The van der Waals surface area contributed by atoms with Crippen LogP contribution in [0.5, 0.6) is 0 Å². The van der Waals surface area contributed by atoms with Gasteiger partial charge in [-0.3, -0.25) is 9.59 Å². The van der Waals surface area contributed by atoms with Crippen molar-refractivity contribution >= 4 is 21.8 Å². The van der Waals surface area contributed by atoms with Crippen molar-refractivity contribution in [2.75, 3.05) is 13.1 Å². The predicted molar refractivity (Wildman–Crippen MR) is 113 cm³/mol. The van der Waals surface area contributed by atoms with Crippen molar-refractivity contribution < 1.29 is 18.0 Å². The molecule has 0 bridgehead atoms. The van der Waals surface area contributed by atoms with Gasteiger partial charge >= 0.3 is 0 Å². The minimum Gasteiger partial charge on any atom is -0.353 e. The van der Waals surface area contributed by atoms with Gasteiger partial charge < -0.3 is 10.2 Å². The first-order valence-electron chi connectivity index (χ1n) is 11.1. The molecule has 0 aromatic heterocycles. The summed E-state index contributed by atoms with van der Waals surface area (Å²) in [7, 11) is -3.53. The molecule has 2 N–H and O–H groups in total. The predicted octanol–water partition coefficient (Wildman–Crippen LogP) is 2.43. The fourth-order valence-electron chi connectivity index (χ4n) is 4.39. The Kier molecular flexibility index (Phi) is 6.43. The van der Waals surface area contributed by atoms with E-state index in [0.717, 1.165) is 38.5 Å². The smallest absolute Gasteiger partial charge is 0.253 e. The highest BCUT2D eigenvalue weighted by Crippen LogP contribution is 2.24. The number of piperidine rings is 1. The van der Waals surface area contributed by atoms with Gasteiger partial charge in [0.05, 0.1) is 10.8 Å². The van der Waals surface area contributed by atoms with Crippen molar-refractivity contribution in [2.45, 2.75) is 74.8 Å². The normalized spacial score (nSPS) is 23.2. The summed E-state index contributed by atoms with van der Waals surface area (Å²) in [5.74, 6) is -0.261. The van der Waals surface area contributed by atoms with E-state index in [4.69, 9.17) is 0 Å². The summed E-state index contributed by atoms with van der Waals surface area (Å²) in [5.41, 5.74) is 0.453. The minimum atomic E-state index is -3.53. The highest BCUT2D eigenvalue weighted by atomic mass is 32.2. The van der Waals surface area contributed by atoms with Crippen molar-refractivity contribution in [3.05, 3.63) is 29.8 Å². The molecule has 1 heterocycles. The van der Waals surface area contributed by atoms with Crippen LogP contribution < -0.4 is 10.0 Å². The Labute approximate surface area is 178 Å². The third-order valence-electron chi connectivity index (χ3n) is 6.34. The third-order valence-corrected chi connectivity index (χ3v) is 7.88. The molecule has 1 aromatic carbocycles. The van der Waals surface area contributed by atoms with Gasteiger partial charge in [-0.05, 0) is 62.8 Å². The number of sulfonamides is 1. The molecule has 3 aliphatic rings. The molecule has 2 saturated carbocycles. The van der Waals surface area contributed by atoms with Gasteiger partial charge in [-0.15, -0.1) is 0 Å². The lowest BCUT2D eigenvalue weighted by Crippen LogP contribution is -2.47. The molecule has 1 aromatic rings. The van der Waals surface area contributed by atoms with Gasteiger partial charge in [0, 0.05) is 30.7 Å². The number of hydrogen-bond donors (Lipinski definition) is 2. The summed E-state index contributed by atoms with van der Waals surface area (Å²) in [6, 6.07) is 6.41. The van der Waals surface area contributed by atoms with Crippen molar-refractivity contribution in [1.82, 2.24) is 14.9 Å². The zero-order chi connectivity index (χ0) is 21.1. The zero-order valence-corrected chi connectivity index (χ0v) is 18.1. The second-order valence-electron chi connectivity index (χ2n) is 8.85. The van der Waals surface area contributed by atoms with Crippen LogP contribution in [0.25, 0.3) is 0 Å². The lowest BCUT2D eigenvalue weighted by molar-refractivity contribution is -0.127. The van der Waals surface area contributed by atoms with Crippen molar-refractivity contribution in [3.63, 3.8) is 0 Å². The molecule has 1 atom stereocenters. The van der Waals surface area contributed by atoms with Crippen LogP contribution >= 0.6 is 0 Å². The Hall–Kier alpha value is -1.93.